The molecule has 0 spiro atoms. The minimum absolute atomic E-state index is 0.153. The van der Waals surface area contributed by atoms with Crippen molar-refractivity contribution in [3.63, 3.8) is 0 Å². The Kier molecular flexibility index (Phi) is 9.10. The normalized spacial score (nSPS) is 12.4. The molecule has 0 saturated carbocycles. The van der Waals surface area contributed by atoms with E-state index in [2.05, 4.69) is 32.2 Å². The van der Waals surface area contributed by atoms with Gasteiger partial charge < -0.3 is 5.32 Å². The molecule has 19 heavy (non-hydrogen) atoms. The molecule has 0 aliphatic carbocycles. The second-order valence-electron chi connectivity index (χ2n) is 7.25. The third-order valence-electron chi connectivity index (χ3n) is 3.77. The van der Waals surface area contributed by atoms with Crippen molar-refractivity contribution < 1.29 is 0 Å². The Hall–Kier alpha value is -0.550. The molecule has 2 heteroatoms. The third kappa shape index (κ3) is 11.0. The molecule has 0 saturated heterocycles. The van der Waals surface area contributed by atoms with Gasteiger partial charge in [0.15, 0.2) is 0 Å². The van der Waals surface area contributed by atoms with Crippen LogP contribution in [0.1, 0.15) is 79.6 Å². The number of nitrogens with one attached hydrogen (secondary N) is 1. The monoisotopic (exact) mass is 266 g/mol. The van der Waals surface area contributed by atoms with E-state index >= 15 is 0 Å². The minimum Gasteiger partial charge on any atom is -0.316 e. The first-order valence-corrected chi connectivity index (χ1v) is 7.95. The summed E-state index contributed by atoms with van der Waals surface area (Å²) in [5, 5.41) is 12.5. The molecule has 0 amide bonds. The molecule has 0 unspecified atom stereocenters. The summed E-state index contributed by atoms with van der Waals surface area (Å²) in [7, 11) is 0. The van der Waals surface area contributed by atoms with Gasteiger partial charge in [0.2, 0.25) is 0 Å². The van der Waals surface area contributed by atoms with Crippen molar-refractivity contribution in [1.29, 1.82) is 5.26 Å². The van der Waals surface area contributed by atoms with E-state index in [0.29, 0.717) is 5.41 Å². The molecule has 0 atom stereocenters. The Morgan fingerprint density at radius 3 is 2.16 bits per heavy atom. The first-order valence-electron chi connectivity index (χ1n) is 7.95. The summed E-state index contributed by atoms with van der Waals surface area (Å²) < 4.78 is 0. The maximum absolute atomic E-state index is 8.94. The Morgan fingerprint density at radius 2 is 1.58 bits per heavy atom. The summed E-state index contributed by atoms with van der Waals surface area (Å²) in [5.74, 6) is 0. The summed E-state index contributed by atoms with van der Waals surface area (Å²) in [6, 6.07) is 2.36. The molecule has 0 fully saturated rings. The van der Waals surface area contributed by atoms with Gasteiger partial charge in [0, 0.05) is 6.54 Å². The highest BCUT2D eigenvalue weighted by atomic mass is 14.9. The molecule has 0 heterocycles. The quantitative estimate of drug-likeness (QED) is 0.540. The van der Waals surface area contributed by atoms with E-state index < -0.39 is 0 Å². The molecule has 0 rings (SSSR count). The summed E-state index contributed by atoms with van der Waals surface area (Å²) >= 11 is 0. The van der Waals surface area contributed by atoms with Crippen LogP contribution in [-0.4, -0.2) is 13.1 Å². The number of nitrogens with zero attached hydrogens (tertiary/aromatic N) is 1. The molecule has 0 aromatic heterocycles. The van der Waals surface area contributed by atoms with Gasteiger partial charge in [-0.25, -0.2) is 0 Å². The first kappa shape index (κ1) is 18.4. The van der Waals surface area contributed by atoms with Gasteiger partial charge in [0.1, 0.15) is 0 Å². The molecule has 0 aromatic carbocycles. The molecule has 0 aliphatic rings. The average molecular weight is 266 g/mol. The fourth-order valence-electron chi connectivity index (χ4n) is 2.24. The lowest BCUT2D eigenvalue weighted by atomic mass is 9.86. The van der Waals surface area contributed by atoms with Crippen LogP contribution in [0.3, 0.4) is 0 Å². The van der Waals surface area contributed by atoms with E-state index in [0.717, 1.165) is 25.9 Å². The lowest BCUT2D eigenvalue weighted by Crippen LogP contribution is -2.30. The van der Waals surface area contributed by atoms with Crippen molar-refractivity contribution in [3.8, 4) is 6.07 Å². The Labute approximate surface area is 121 Å². The van der Waals surface area contributed by atoms with Crippen LogP contribution in [0.4, 0.5) is 0 Å². The van der Waals surface area contributed by atoms with Crippen molar-refractivity contribution in [3.05, 3.63) is 0 Å². The number of nitriles is 1. The fourth-order valence-corrected chi connectivity index (χ4v) is 2.24. The van der Waals surface area contributed by atoms with Crippen LogP contribution >= 0.6 is 0 Å². The molecule has 0 aliphatic heterocycles. The highest BCUT2D eigenvalue weighted by Crippen LogP contribution is 2.23. The summed E-state index contributed by atoms with van der Waals surface area (Å²) in [6.07, 6.45) is 8.65. The molecule has 0 aromatic rings. The third-order valence-corrected chi connectivity index (χ3v) is 3.77. The van der Waals surface area contributed by atoms with E-state index in [1.54, 1.807) is 0 Å². The number of hydrogen-bond donors (Lipinski definition) is 1. The molecular formula is C17H34N2. The van der Waals surface area contributed by atoms with Gasteiger partial charge in [-0.1, -0.05) is 46.5 Å². The van der Waals surface area contributed by atoms with Gasteiger partial charge in [-0.2, -0.15) is 5.26 Å². The maximum Gasteiger partial charge on any atom is 0.0683 e. The van der Waals surface area contributed by atoms with Gasteiger partial charge in [-0.05, 0) is 45.1 Å². The van der Waals surface area contributed by atoms with Crippen LogP contribution in [0.15, 0.2) is 0 Å². The van der Waals surface area contributed by atoms with E-state index in [4.69, 9.17) is 5.26 Å². The van der Waals surface area contributed by atoms with Crippen molar-refractivity contribution in [2.45, 2.75) is 79.6 Å². The van der Waals surface area contributed by atoms with Crippen LogP contribution in [0.2, 0.25) is 0 Å². The van der Waals surface area contributed by atoms with Gasteiger partial charge in [0.25, 0.3) is 0 Å². The van der Waals surface area contributed by atoms with Crippen molar-refractivity contribution in [1.82, 2.24) is 5.32 Å². The second kappa shape index (κ2) is 9.37. The minimum atomic E-state index is -0.153. The number of unbranched alkanes of at least 4 members (excludes halogenated alkanes) is 3. The molecule has 0 bridgehead atoms. The van der Waals surface area contributed by atoms with Crippen molar-refractivity contribution in [2.75, 3.05) is 13.1 Å². The highest BCUT2D eigenvalue weighted by molar-refractivity contribution is 4.91. The Bertz CT molecular complexity index is 261. The molecule has 112 valence electrons. The Morgan fingerprint density at radius 1 is 0.947 bits per heavy atom. The molecule has 2 nitrogen and oxygen atoms in total. The van der Waals surface area contributed by atoms with Gasteiger partial charge in [0.05, 0.1) is 11.5 Å². The van der Waals surface area contributed by atoms with Crippen LogP contribution in [0, 0.1) is 22.2 Å². The van der Waals surface area contributed by atoms with E-state index in [9.17, 15) is 0 Å². The van der Waals surface area contributed by atoms with Crippen molar-refractivity contribution in [2.24, 2.45) is 10.8 Å². The summed E-state index contributed by atoms with van der Waals surface area (Å²) in [6.45, 7) is 13.2. The van der Waals surface area contributed by atoms with Crippen LogP contribution in [0.5, 0.6) is 0 Å². The topological polar surface area (TPSA) is 35.8 Å². The van der Waals surface area contributed by atoms with E-state index in [-0.39, 0.29) is 5.41 Å². The van der Waals surface area contributed by atoms with Crippen molar-refractivity contribution >= 4 is 0 Å². The predicted molar refractivity (Wildman–Crippen MR) is 84.0 cm³/mol. The molecule has 0 radical (unpaired) electrons. The van der Waals surface area contributed by atoms with Gasteiger partial charge >= 0.3 is 0 Å². The number of hydrogen-bond acceptors (Lipinski definition) is 2. The largest absolute Gasteiger partial charge is 0.316 e. The predicted octanol–water partition coefficient (Wildman–Crippen LogP) is 4.90. The SMILES string of the molecule is CCCCCC(C)(C)CNCCCCC(C)(C)C#N. The summed E-state index contributed by atoms with van der Waals surface area (Å²) in [5.41, 5.74) is 0.264. The highest BCUT2D eigenvalue weighted by Gasteiger charge is 2.17. The van der Waals surface area contributed by atoms with Gasteiger partial charge in [-0.15, -0.1) is 0 Å². The standard InChI is InChI=1S/C17H34N2/c1-6-7-8-12-17(4,5)15-19-13-10-9-11-16(2,3)14-18/h19H,6-13,15H2,1-5H3. The van der Waals surface area contributed by atoms with Crippen LogP contribution in [0.25, 0.3) is 0 Å². The fraction of sp³-hybridized carbons (Fsp3) is 0.941. The van der Waals surface area contributed by atoms with E-state index in [1.165, 1.54) is 32.1 Å². The van der Waals surface area contributed by atoms with Crippen LogP contribution in [-0.2, 0) is 0 Å². The zero-order valence-electron chi connectivity index (χ0n) is 13.8. The lowest BCUT2D eigenvalue weighted by Gasteiger charge is -2.25. The lowest BCUT2D eigenvalue weighted by molar-refractivity contribution is 0.300. The first-order chi connectivity index (χ1) is 8.83. The van der Waals surface area contributed by atoms with E-state index in [1.807, 2.05) is 13.8 Å². The zero-order valence-corrected chi connectivity index (χ0v) is 13.8. The zero-order chi connectivity index (χ0) is 14.8. The molecule has 1 N–H and O–H groups in total. The average Bonchev–Trinajstić information content (AvgIpc) is 2.34. The summed E-state index contributed by atoms with van der Waals surface area (Å²) in [4.78, 5) is 0. The van der Waals surface area contributed by atoms with Crippen LogP contribution < -0.4 is 5.32 Å². The second-order valence-corrected chi connectivity index (χ2v) is 7.25. The maximum atomic E-state index is 8.94. The van der Waals surface area contributed by atoms with Gasteiger partial charge in [-0.3, -0.25) is 0 Å². The smallest absolute Gasteiger partial charge is 0.0683 e. The number of rotatable bonds is 11. The Balaban J connectivity index is 3.55. The molecular weight excluding hydrogens is 232 g/mol.